The van der Waals surface area contributed by atoms with E-state index in [1.807, 2.05) is 6.07 Å². The van der Waals surface area contributed by atoms with Crippen molar-refractivity contribution in [2.24, 2.45) is 0 Å². The van der Waals surface area contributed by atoms with Crippen molar-refractivity contribution in [3.05, 3.63) is 58.7 Å². The maximum absolute atomic E-state index is 12.1. The molecule has 7 nitrogen and oxygen atoms in total. The summed E-state index contributed by atoms with van der Waals surface area (Å²) in [6, 6.07) is 10.3. The first kappa shape index (κ1) is 23.7. The van der Waals surface area contributed by atoms with Gasteiger partial charge in [0.2, 0.25) is 0 Å². The molecule has 0 unspecified atom stereocenters. The van der Waals surface area contributed by atoms with Crippen LogP contribution in [0.25, 0.3) is 0 Å². The number of alkyl halides is 1. The van der Waals surface area contributed by atoms with Gasteiger partial charge in [-0.25, -0.2) is 9.59 Å². The Morgan fingerprint density at radius 3 is 2.13 bits per heavy atom. The standard InChI is InChI=1S/C22H25BrO7/c1-4-28-22(25)17-8-15(13-23)7-16(9-17)14-30-20-11-18(21(24)27-3)10-19(12-20)29-6-5-26-2/h7-12H,4-6,13-14H2,1-3H3. The molecule has 2 aromatic carbocycles. The average molecular weight is 481 g/mol. The third-order valence-electron chi connectivity index (χ3n) is 3.98. The zero-order valence-electron chi connectivity index (χ0n) is 17.2. The largest absolute Gasteiger partial charge is 0.491 e. The van der Waals surface area contributed by atoms with Gasteiger partial charge in [-0.15, -0.1) is 0 Å². The van der Waals surface area contributed by atoms with Crippen LogP contribution in [-0.4, -0.2) is 46.0 Å². The first-order valence-corrected chi connectivity index (χ1v) is 10.5. The van der Waals surface area contributed by atoms with Gasteiger partial charge in [0.15, 0.2) is 0 Å². The van der Waals surface area contributed by atoms with E-state index in [9.17, 15) is 9.59 Å². The van der Waals surface area contributed by atoms with Crippen LogP contribution in [-0.2, 0) is 26.1 Å². The van der Waals surface area contributed by atoms with E-state index in [2.05, 4.69) is 15.9 Å². The average Bonchev–Trinajstić information content (AvgIpc) is 2.77. The van der Waals surface area contributed by atoms with Crippen LogP contribution in [0.5, 0.6) is 11.5 Å². The Labute approximate surface area is 184 Å². The van der Waals surface area contributed by atoms with Gasteiger partial charge in [0.25, 0.3) is 0 Å². The number of methoxy groups -OCH3 is 2. The molecule has 0 bridgehead atoms. The highest BCUT2D eigenvalue weighted by Gasteiger charge is 2.13. The number of carbonyl (C=O) groups is 2. The summed E-state index contributed by atoms with van der Waals surface area (Å²) in [5.41, 5.74) is 2.48. The van der Waals surface area contributed by atoms with Crippen molar-refractivity contribution in [2.75, 3.05) is 34.0 Å². The fraction of sp³-hybridized carbons (Fsp3) is 0.364. The van der Waals surface area contributed by atoms with Crippen LogP contribution in [0.3, 0.4) is 0 Å². The van der Waals surface area contributed by atoms with Gasteiger partial charge in [-0.05, 0) is 42.3 Å². The molecule has 0 radical (unpaired) electrons. The molecule has 0 saturated heterocycles. The fourth-order valence-corrected chi connectivity index (χ4v) is 2.96. The molecule has 0 heterocycles. The van der Waals surface area contributed by atoms with E-state index in [0.717, 1.165) is 11.1 Å². The van der Waals surface area contributed by atoms with Crippen LogP contribution < -0.4 is 9.47 Å². The summed E-state index contributed by atoms with van der Waals surface area (Å²) in [4.78, 5) is 24.1. The number of ether oxygens (including phenoxy) is 5. The number of hydrogen-bond acceptors (Lipinski definition) is 7. The maximum atomic E-state index is 12.1. The molecule has 0 fully saturated rings. The van der Waals surface area contributed by atoms with Crippen molar-refractivity contribution < 1.29 is 33.3 Å². The second-order valence-corrected chi connectivity index (χ2v) is 6.77. The fourth-order valence-electron chi connectivity index (χ4n) is 2.64. The topological polar surface area (TPSA) is 80.3 Å². The molecule has 0 atom stereocenters. The first-order valence-electron chi connectivity index (χ1n) is 9.34. The molecular weight excluding hydrogens is 456 g/mol. The van der Waals surface area contributed by atoms with Crippen LogP contribution >= 0.6 is 15.9 Å². The summed E-state index contributed by atoms with van der Waals surface area (Å²) in [6.45, 7) is 2.99. The van der Waals surface area contributed by atoms with E-state index in [1.165, 1.54) is 7.11 Å². The Kier molecular flexibility index (Phi) is 9.63. The molecule has 0 amide bonds. The lowest BCUT2D eigenvalue weighted by molar-refractivity contribution is 0.0525. The zero-order chi connectivity index (χ0) is 21.9. The molecule has 30 heavy (non-hydrogen) atoms. The Morgan fingerprint density at radius 2 is 1.50 bits per heavy atom. The number of carbonyl (C=O) groups excluding carboxylic acids is 2. The molecule has 2 rings (SSSR count). The van der Waals surface area contributed by atoms with Gasteiger partial charge in [0.1, 0.15) is 24.7 Å². The van der Waals surface area contributed by atoms with Gasteiger partial charge >= 0.3 is 11.9 Å². The Balaban J connectivity index is 2.22. The molecule has 8 heteroatoms. The van der Waals surface area contributed by atoms with Crippen LogP contribution in [0.2, 0.25) is 0 Å². The number of benzene rings is 2. The summed E-state index contributed by atoms with van der Waals surface area (Å²) >= 11 is 3.41. The van der Waals surface area contributed by atoms with Crippen molar-refractivity contribution in [1.82, 2.24) is 0 Å². The van der Waals surface area contributed by atoms with Crippen molar-refractivity contribution in [1.29, 1.82) is 0 Å². The molecule has 0 aliphatic heterocycles. The highest BCUT2D eigenvalue weighted by Crippen LogP contribution is 2.25. The molecular formula is C22H25BrO7. The third kappa shape index (κ3) is 7.03. The van der Waals surface area contributed by atoms with Crippen molar-refractivity contribution in [3.63, 3.8) is 0 Å². The summed E-state index contributed by atoms with van der Waals surface area (Å²) in [5.74, 6) is 0.0182. The molecule has 0 spiro atoms. The summed E-state index contributed by atoms with van der Waals surface area (Å²) in [7, 11) is 2.89. The van der Waals surface area contributed by atoms with E-state index in [0.29, 0.717) is 47.8 Å². The number of halogens is 1. The molecule has 0 aliphatic rings. The van der Waals surface area contributed by atoms with Crippen LogP contribution in [0.4, 0.5) is 0 Å². The van der Waals surface area contributed by atoms with Gasteiger partial charge in [-0.3, -0.25) is 0 Å². The predicted molar refractivity (Wildman–Crippen MR) is 115 cm³/mol. The molecule has 0 aliphatic carbocycles. The molecule has 2 aromatic rings. The molecule has 0 saturated carbocycles. The quantitative estimate of drug-likeness (QED) is 0.271. The first-order chi connectivity index (χ1) is 14.5. The third-order valence-corrected chi connectivity index (χ3v) is 4.63. The highest BCUT2D eigenvalue weighted by molar-refractivity contribution is 9.08. The van der Waals surface area contributed by atoms with Gasteiger partial charge in [-0.2, -0.15) is 0 Å². The molecule has 162 valence electrons. The second-order valence-electron chi connectivity index (χ2n) is 6.21. The minimum atomic E-state index is -0.497. The van der Waals surface area contributed by atoms with E-state index in [1.54, 1.807) is 44.4 Å². The Hall–Kier alpha value is -2.58. The van der Waals surface area contributed by atoms with Crippen molar-refractivity contribution in [3.8, 4) is 11.5 Å². The van der Waals surface area contributed by atoms with Crippen LogP contribution in [0.15, 0.2) is 36.4 Å². The lowest BCUT2D eigenvalue weighted by Crippen LogP contribution is -2.08. The van der Waals surface area contributed by atoms with Crippen LogP contribution in [0.1, 0.15) is 38.8 Å². The normalized spacial score (nSPS) is 10.4. The van der Waals surface area contributed by atoms with Gasteiger partial charge in [-0.1, -0.05) is 22.0 Å². The maximum Gasteiger partial charge on any atom is 0.338 e. The summed E-state index contributed by atoms with van der Waals surface area (Å²) < 4.78 is 26.4. The lowest BCUT2D eigenvalue weighted by atomic mass is 10.1. The Morgan fingerprint density at radius 1 is 0.833 bits per heavy atom. The van der Waals surface area contributed by atoms with E-state index < -0.39 is 5.97 Å². The van der Waals surface area contributed by atoms with E-state index in [4.69, 9.17) is 23.7 Å². The van der Waals surface area contributed by atoms with Crippen molar-refractivity contribution >= 4 is 27.9 Å². The highest BCUT2D eigenvalue weighted by atomic mass is 79.9. The van der Waals surface area contributed by atoms with Gasteiger partial charge in [0, 0.05) is 18.5 Å². The predicted octanol–water partition coefficient (Wildman–Crippen LogP) is 4.15. The van der Waals surface area contributed by atoms with Gasteiger partial charge < -0.3 is 23.7 Å². The summed E-state index contributed by atoms with van der Waals surface area (Å²) in [5, 5.41) is 0.586. The number of rotatable bonds is 11. The zero-order valence-corrected chi connectivity index (χ0v) is 18.8. The Bertz CT molecular complexity index is 867. The number of esters is 2. The summed E-state index contributed by atoms with van der Waals surface area (Å²) in [6.07, 6.45) is 0. The molecule has 0 aromatic heterocycles. The smallest absolute Gasteiger partial charge is 0.338 e. The molecule has 0 N–H and O–H groups in total. The second kappa shape index (κ2) is 12.2. The monoisotopic (exact) mass is 480 g/mol. The van der Waals surface area contributed by atoms with Crippen LogP contribution in [0, 0.1) is 0 Å². The lowest BCUT2D eigenvalue weighted by Gasteiger charge is -2.13. The van der Waals surface area contributed by atoms with E-state index in [-0.39, 0.29) is 12.6 Å². The number of hydrogen-bond donors (Lipinski definition) is 0. The minimum absolute atomic E-state index is 0.190. The van der Waals surface area contributed by atoms with Crippen molar-refractivity contribution in [2.45, 2.75) is 18.9 Å². The van der Waals surface area contributed by atoms with E-state index >= 15 is 0 Å². The van der Waals surface area contributed by atoms with Gasteiger partial charge in [0.05, 0.1) is 31.5 Å². The minimum Gasteiger partial charge on any atom is -0.491 e. The SMILES string of the molecule is CCOC(=O)c1cc(CBr)cc(COc2cc(OCCOC)cc(C(=O)OC)c2)c1.